The largest absolute Gasteiger partial charge is 0.382 e. The number of ether oxygens (including phenoxy) is 1. The van der Waals surface area contributed by atoms with Crippen LogP contribution >= 0.6 is 0 Å². The zero-order valence-electron chi connectivity index (χ0n) is 22.6. The monoisotopic (exact) mass is 479 g/mol. The van der Waals surface area contributed by atoms with E-state index in [1.807, 2.05) is 41.0 Å². The van der Waals surface area contributed by atoms with Crippen molar-refractivity contribution < 1.29 is 9.53 Å². The summed E-state index contributed by atoms with van der Waals surface area (Å²) < 4.78 is 7.86. The molecule has 5 heteroatoms. The van der Waals surface area contributed by atoms with Gasteiger partial charge in [-0.2, -0.15) is 5.26 Å². The average Bonchev–Trinajstić information content (AvgIpc) is 3.17. The summed E-state index contributed by atoms with van der Waals surface area (Å²) in [6, 6.07) is 11.8. The maximum absolute atomic E-state index is 13.1. The van der Waals surface area contributed by atoms with Gasteiger partial charge in [-0.25, -0.2) is 0 Å². The molecular weight excluding hydrogens is 434 g/mol. The van der Waals surface area contributed by atoms with Crippen LogP contribution < -0.4 is 0 Å². The SMILES string of the molecule is CN(C)/C=C(\C#N)C(=O)c1cc2ccccc2n1COCCCCCCCCCCCC(C)(C)C. The smallest absolute Gasteiger partial charge is 0.221 e. The fourth-order valence-corrected chi connectivity index (χ4v) is 4.32. The van der Waals surface area contributed by atoms with Gasteiger partial charge < -0.3 is 14.2 Å². The molecule has 5 nitrogen and oxygen atoms in total. The average molecular weight is 480 g/mol. The molecule has 0 saturated heterocycles. The molecule has 2 rings (SSSR count). The van der Waals surface area contributed by atoms with Crippen molar-refractivity contribution in [2.45, 2.75) is 91.7 Å². The second-order valence-electron chi connectivity index (χ2n) is 11.0. The van der Waals surface area contributed by atoms with Crippen molar-refractivity contribution in [2.24, 2.45) is 5.41 Å². The number of fused-ring (bicyclic) bond motifs is 1. The number of nitriles is 1. The first-order chi connectivity index (χ1) is 16.7. The van der Waals surface area contributed by atoms with Crippen LogP contribution in [0.25, 0.3) is 10.9 Å². The Kier molecular flexibility index (Phi) is 12.1. The molecule has 0 bridgehead atoms. The topological polar surface area (TPSA) is 58.3 Å². The van der Waals surface area contributed by atoms with E-state index in [0.717, 1.165) is 17.3 Å². The Hall–Kier alpha value is -2.58. The van der Waals surface area contributed by atoms with Crippen molar-refractivity contribution in [1.29, 1.82) is 5.26 Å². The van der Waals surface area contributed by atoms with Crippen LogP contribution in [0, 0.1) is 16.7 Å². The molecule has 0 aliphatic heterocycles. The quantitative estimate of drug-likeness (QED) is 0.107. The predicted octanol–water partition coefficient (Wildman–Crippen LogP) is 7.71. The van der Waals surface area contributed by atoms with Crippen LogP contribution in [0.5, 0.6) is 0 Å². The van der Waals surface area contributed by atoms with E-state index in [1.165, 1.54) is 57.8 Å². The number of carbonyl (C=O) groups is 1. The van der Waals surface area contributed by atoms with Gasteiger partial charge in [0.25, 0.3) is 0 Å². The minimum absolute atomic E-state index is 0.119. The van der Waals surface area contributed by atoms with Crippen LogP contribution in [-0.2, 0) is 11.5 Å². The van der Waals surface area contributed by atoms with Crippen molar-refractivity contribution in [3.05, 3.63) is 47.8 Å². The molecule has 0 saturated carbocycles. The molecule has 0 aliphatic carbocycles. The van der Waals surface area contributed by atoms with Gasteiger partial charge in [0.1, 0.15) is 18.4 Å². The van der Waals surface area contributed by atoms with Crippen LogP contribution in [0.2, 0.25) is 0 Å². The number of carbonyl (C=O) groups excluding carboxylic acids is 1. The van der Waals surface area contributed by atoms with Gasteiger partial charge in [0.05, 0.1) is 11.2 Å². The van der Waals surface area contributed by atoms with Crippen LogP contribution in [0.1, 0.15) is 95.5 Å². The van der Waals surface area contributed by atoms with Crippen molar-refractivity contribution >= 4 is 16.7 Å². The molecule has 1 heterocycles. The van der Waals surface area contributed by atoms with Gasteiger partial charge in [0.15, 0.2) is 0 Å². The summed E-state index contributed by atoms with van der Waals surface area (Å²) in [5, 5.41) is 10.5. The third kappa shape index (κ3) is 10.3. The Bertz CT molecular complexity index is 989. The van der Waals surface area contributed by atoms with Crippen molar-refractivity contribution in [3.8, 4) is 6.07 Å². The zero-order chi connectivity index (χ0) is 25.7. The summed E-state index contributed by atoms with van der Waals surface area (Å²) in [4.78, 5) is 14.8. The van der Waals surface area contributed by atoms with Gasteiger partial charge in [-0.05, 0) is 30.4 Å². The minimum atomic E-state index is -0.278. The van der Waals surface area contributed by atoms with Crippen LogP contribution in [0.4, 0.5) is 0 Å². The molecular formula is C30H45N3O2. The number of rotatable bonds is 16. The van der Waals surface area contributed by atoms with E-state index in [9.17, 15) is 10.1 Å². The second kappa shape index (κ2) is 14.7. The number of allylic oxidation sites excluding steroid dienone is 1. The third-order valence-corrected chi connectivity index (χ3v) is 6.23. The Morgan fingerprint density at radius 2 is 1.60 bits per heavy atom. The van der Waals surface area contributed by atoms with Crippen LogP contribution in [0.15, 0.2) is 42.1 Å². The highest BCUT2D eigenvalue weighted by atomic mass is 16.5. The second-order valence-corrected chi connectivity index (χ2v) is 11.0. The normalized spacial score (nSPS) is 12.2. The first-order valence-electron chi connectivity index (χ1n) is 13.2. The van der Waals surface area contributed by atoms with Crippen LogP contribution in [0.3, 0.4) is 0 Å². The highest BCUT2D eigenvalue weighted by Crippen LogP contribution is 2.24. The molecule has 0 amide bonds. The number of hydrogen-bond acceptors (Lipinski definition) is 4. The summed E-state index contributed by atoms with van der Waals surface area (Å²) in [5.74, 6) is -0.278. The van der Waals surface area contributed by atoms with Gasteiger partial charge in [-0.3, -0.25) is 4.79 Å². The number of benzene rings is 1. The number of para-hydroxylation sites is 1. The number of ketones is 1. The molecule has 0 spiro atoms. The van der Waals surface area contributed by atoms with E-state index in [2.05, 4.69) is 20.8 Å². The van der Waals surface area contributed by atoms with Gasteiger partial charge in [-0.1, -0.05) is 90.3 Å². The van der Waals surface area contributed by atoms with Crippen molar-refractivity contribution in [3.63, 3.8) is 0 Å². The lowest BCUT2D eigenvalue weighted by molar-refractivity contribution is 0.0731. The number of unbranched alkanes of at least 4 members (excludes halogenated alkanes) is 8. The first kappa shape index (κ1) is 28.7. The Morgan fingerprint density at radius 1 is 1.00 bits per heavy atom. The van der Waals surface area contributed by atoms with Gasteiger partial charge in [-0.15, -0.1) is 0 Å². The summed E-state index contributed by atoms with van der Waals surface area (Å²) in [6.45, 7) is 7.95. The predicted molar refractivity (Wildman–Crippen MR) is 145 cm³/mol. The van der Waals surface area contributed by atoms with E-state index in [-0.39, 0.29) is 11.4 Å². The van der Waals surface area contributed by atoms with Gasteiger partial charge in [0.2, 0.25) is 5.78 Å². The number of Topliss-reactive ketones (excluding diaryl/α,β-unsaturated/α-hetero) is 1. The molecule has 0 aliphatic rings. The maximum Gasteiger partial charge on any atom is 0.221 e. The maximum atomic E-state index is 13.1. The summed E-state index contributed by atoms with van der Waals surface area (Å²) in [7, 11) is 3.61. The molecule has 0 unspecified atom stereocenters. The molecule has 0 radical (unpaired) electrons. The fraction of sp³-hybridized carbons (Fsp3) is 0.600. The molecule has 0 fully saturated rings. The van der Waals surface area contributed by atoms with E-state index in [4.69, 9.17) is 4.74 Å². The zero-order valence-corrected chi connectivity index (χ0v) is 22.6. The lowest BCUT2D eigenvalue weighted by atomic mass is 9.89. The minimum Gasteiger partial charge on any atom is -0.382 e. The molecule has 192 valence electrons. The summed E-state index contributed by atoms with van der Waals surface area (Å²) in [6.07, 6.45) is 14.4. The number of nitrogens with zero attached hydrogens (tertiary/aromatic N) is 3. The lowest BCUT2D eigenvalue weighted by Gasteiger charge is -2.17. The van der Waals surface area contributed by atoms with Crippen molar-refractivity contribution in [1.82, 2.24) is 9.47 Å². The standard InChI is InChI=1S/C30H45N3O2/c1-30(2,3)19-15-11-9-7-6-8-10-12-16-20-35-24-33-27-18-14-13-17-25(27)21-28(33)29(34)26(22-31)23-32(4)5/h13-14,17-18,21,23H,6-12,15-16,19-20,24H2,1-5H3/b26-23+. The molecule has 2 aromatic rings. The Labute approximate surface area is 212 Å². The lowest BCUT2D eigenvalue weighted by Crippen LogP contribution is -2.15. The molecule has 1 aromatic carbocycles. The summed E-state index contributed by atoms with van der Waals surface area (Å²) >= 11 is 0. The number of hydrogen-bond donors (Lipinski definition) is 0. The molecule has 0 N–H and O–H groups in total. The van der Waals surface area contributed by atoms with Crippen LogP contribution in [-0.4, -0.2) is 36.0 Å². The highest BCUT2D eigenvalue weighted by Gasteiger charge is 2.19. The van der Waals surface area contributed by atoms with Crippen molar-refractivity contribution in [2.75, 3.05) is 20.7 Å². The highest BCUT2D eigenvalue weighted by molar-refractivity contribution is 6.12. The van der Waals surface area contributed by atoms with E-state index >= 15 is 0 Å². The molecule has 1 aromatic heterocycles. The Morgan fingerprint density at radius 3 is 2.20 bits per heavy atom. The van der Waals surface area contributed by atoms with E-state index < -0.39 is 0 Å². The summed E-state index contributed by atoms with van der Waals surface area (Å²) in [5.41, 5.74) is 2.02. The number of aromatic nitrogens is 1. The fourth-order valence-electron chi connectivity index (χ4n) is 4.32. The first-order valence-corrected chi connectivity index (χ1v) is 13.2. The Balaban J connectivity index is 1.74. The third-order valence-electron chi connectivity index (χ3n) is 6.23. The molecule has 0 atom stereocenters. The van der Waals surface area contributed by atoms with Gasteiger partial charge in [0, 0.05) is 32.3 Å². The van der Waals surface area contributed by atoms with Gasteiger partial charge >= 0.3 is 0 Å². The van der Waals surface area contributed by atoms with E-state index in [1.54, 1.807) is 25.2 Å². The molecule has 35 heavy (non-hydrogen) atoms. The van der Waals surface area contributed by atoms with E-state index in [0.29, 0.717) is 24.4 Å².